The smallest absolute Gasteiger partial charge is 0.254 e. The molecule has 37 heavy (non-hydrogen) atoms. The Morgan fingerprint density at radius 1 is 0.919 bits per heavy atom. The lowest BCUT2D eigenvalue weighted by Gasteiger charge is -2.33. The second-order valence-corrected chi connectivity index (χ2v) is 9.81. The Labute approximate surface area is 219 Å². The molecule has 2 amide bonds. The molecular weight excluding hydrogens is 476 g/mol. The van der Waals surface area contributed by atoms with Crippen molar-refractivity contribution in [2.45, 2.75) is 78.5 Å². The van der Waals surface area contributed by atoms with Gasteiger partial charge in [0.2, 0.25) is 0 Å². The Balaban J connectivity index is 2.27. The first kappa shape index (κ1) is 30.4. The van der Waals surface area contributed by atoms with Crippen LogP contribution in [0.2, 0.25) is 0 Å². The summed E-state index contributed by atoms with van der Waals surface area (Å²) in [5.74, 6) is -1.85. The Bertz CT molecular complexity index is 1040. The molecule has 0 saturated carbocycles. The third kappa shape index (κ3) is 8.61. The van der Waals surface area contributed by atoms with Gasteiger partial charge < -0.3 is 20.6 Å². The van der Waals surface area contributed by atoms with Gasteiger partial charge in [-0.05, 0) is 81.0 Å². The van der Waals surface area contributed by atoms with Crippen LogP contribution in [-0.2, 0) is 6.42 Å². The summed E-state index contributed by atoms with van der Waals surface area (Å²) in [5.41, 5.74) is 8.11. The number of benzene rings is 2. The van der Waals surface area contributed by atoms with E-state index in [-0.39, 0.29) is 30.8 Å². The van der Waals surface area contributed by atoms with E-state index in [1.165, 1.54) is 12.1 Å². The monoisotopic (exact) mass is 517 g/mol. The van der Waals surface area contributed by atoms with E-state index in [0.717, 1.165) is 24.5 Å². The molecule has 0 aliphatic heterocycles. The predicted molar refractivity (Wildman–Crippen MR) is 142 cm³/mol. The van der Waals surface area contributed by atoms with Crippen molar-refractivity contribution >= 4 is 11.8 Å². The van der Waals surface area contributed by atoms with E-state index in [9.17, 15) is 23.5 Å². The van der Waals surface area contributed by atoms with E-state index in [1.807, 2.05) is 34.6 Å². The highest BCUT2D eigenvalue weighted by Gasteiger charge is 2.27. The number of hydrogen-bond acceptors (Lipinski definition) is 4. The van der Waals surface area contributed by atoms with Crippen molar-refractivity contribution in [1.29, 1.82) is 0 Å². The molecule has 0 heterocycles. The number of carbonyl (C=O) groups excluding carboxylic acids is 2. The van der Waals surface area contributed by atoms with Crippen molar-refractivity contribution in [2.24, 2.45) is 5.73 Å². The summed E-state index contributed by atoms with van der Waals surface area (Å²) in [7, 11) is 0. The summed E-state index contributed by atoms with van der Waals surface area (Å²) in [6.45, 7) is 10.9. The van der Waals surface area contributed by atoms with Gasteiger partial charge in [-0.3, -0.25) is 9.59 Å². The minimum absolute atomic E-state index is 0.0478. The molecule has 3 atom stereocenters. The molecule has 0 saturated heterocycles. The second-order valence-electron chi connectivity index (χ2n) is 9.81. The molecule has 0 unspecified atom stereocenters. The minimum atomic E-state index is -1.13. The number of halogens is 2. The van der Waals surface area contributed by atoms with Crippen molar-refractivity contribution in [2.75, 3.05) is 19.6 Å². The number of aliphatic hydroxyl groups excluding tert-OH is 1. The van der Waals surface area contributed by atoms with Gasteiger partial charge >= 0.3 is 0 Å². The molecule has 2 rings (SSSR count). The minimum Gasteiger partial charge on any atom is -0.390 e. The average molecular weight is 518 g/mol. The highest BCUT2D eigenvalue weighted by Crippen LogP contribution is 2.19. The summed E-state index contributed by atoms with van der Waals surface area (Å²) >= 11 is 0. The van der Waals surface area contributed by atoms with Crippen LogP contribution in [-0.4, -0.2) is 64.5 Å². The SMILES string of the molecule is CCCN(CCC)C(=O)c1cc(C)cc(C(=O)N(C[C@@H](O)[C@@H](N)Cc2cc(F)cc(F)c2)[C@H](C)CC)c1. The molecule has 0 bridgehead atoms. The second kappa shape index (κ2) is 14.2. The van der Waals surface area contributed by atoms with E-state index in [1.54, 1.807) is 28.0 Å². The molecule has 3 N–H and O–H groups in total. The zero-order chi connectivity index (χ0) is 27.7. The van der Waals surface area contributed by atoms with Crippen molar-refractivity contribution in [3.05, 3.63) is 70.3 Å². The van der Waals surface area contributed by atoms with Gasteiger partial charge in [-0.2, -0.15) is 0 Å². The summed E-state index contributed by atoms with van der Waals surface area (Å²) in [6.07, 6.45) is 1.24. The number of rotatable bonds is 13. The molecular formula is C29H41F2N3O3. The van der Waals surface area contributed by atoms with Gasteiger partial charge in [0.1, 0.15) is 11.6 Å². The van der Waals surface area contributed by atoms with Crippen LogP contribution in [0.5, 0.6) is 0 Å². The van der Waals surface area contributed by atoms with Crippen LogP contribution < -0.4 is 5.73 Å². The van der Waals surface area contributed by atoms with E-state index in [2.05, 4.69) is 0 Å². The van der Waals surface area contributed by atoms with Crippen LogP contribution in [0.25, 0.3) is 0 Å². The molecule has 2 aromatic carbocycles. The summed E-state index contributed by atoms with van der Waals surface area (Å²) in [5, 5.41) is 10.8. The lowest BCUT2D eigenvalue weighted by molar-refractivity contribution is 0.0473. The van der Waals surface area contributed by atoms with Crippen LogP contribution >= 0.6 is 0 Å². The first-order valence-corrected chi connectivity index (χ1v) is 13.1. The summed E-state index contributed by atoms with van der Waals surface area (Å²) in [6, 6.07) is 7.22. The van der Waals surface area contributed by atoms with Crippen LogP contribution in [0.15, 0.2) is 36.4 Å². The molecule has 0 spiro atoms. The van der Waals surface area contributed by atoms with Crippen LogP contribution in [0.4, 0.5) is 8.78 Å². The van der Waals surface area contributed by atoms with Crippen LogP contribution in [0.3, 0.4) is 0 Å². The Kier molecular flexibility index (Phi) is 11.7. The Morgan fingerprint density at radius 2 is 1.46 bits per heavy atom. The van der Waals surface area contributed by atoms with Gasteiger partial charge in [0.15, 0.2) is 0 Å². The van der Waals surface area contributed by atoms with Crippen molar-refractivity contribution < 1.29 is 23.5 Å². The van der Waals surface area contributed by atoms with Crippen LogP contribution in [0.1, 0.15) is 78.8 Å². The van der Waals surface area contributed by atoms with E-state index < -0.39 is 23.8 Å². The number of nitrogens with zero attached hydrogens (tertiary/aromatic N) is 2. The molecule has 0 fully saturated rings. The molecule has 0 radical (unpaired) electrons. The average Bonchev–Trinajstić information content (AvgIpc) is 2.84. The van der Waals surface area contributed by atoms with E-state index >= 15 is 0 Å². The molecule has 0 aliphatic rings. The maximum Gasteiger partial charge on any atom is 0.254 e. The normalized spacial score (nSPS) is 13.6. The third-order valence-corrected chi connectivity index (χ3v) is 6.50. The van der Waals surface area contributed by atoms with Crippen molar-refractivity contribution in [1.82, 2.24) is 9.80 Å². The first-order chi connectivity index (χ1) is 17.5. The van der Waals surface area contributed by atoms with Crippen molar-refractivity contribution in [3.63, 3.8) is 0 Å². The van der Waals surface area contributed by atoms with E-state index in [0.29, 0.717) is 36.2 Å². The van der Waals surface area contributed by atoms with Crippen molar-refractivity contribution in [3.8, 4) is 0 Å². The number of aryl methyl sites for hydroxylation is 1. The standard InChI is InChI=1S/C29H41F2N3O3/c1-6-9-33(10-7-2)28(36)22-11-19(4)12-23(16-22)29(37)34(20(5)8-3)18-27(35)26(32)15-21-13-24(30)17-25(31)14-21/h11-14,16-17,20,26-27,35H,6-10,15,18,32H2,1-5H3/t20-,26+,27-/m1/s1. The summed E-state index contributed by atoms with van der Waals surface area (Å²) in [4.78, 5) is 30.2. The van der Waals surface area contributed by atoms with Crippen LogP contribution in [0, 0.1) is 18.6 Å². The summed E-state index contributed by atoms with van der Waals surface area (Å²) < 4.78 is 27.1. The first-order valence-electron chi connectivity index (χ1n) is 13.1. The van der Waals surface area contributed by atoms with E-state index in [4.69, 9.17) is 5.73 Å². The van der Waals surface area contributed by atoms with Gasteiger partial charge in [-0.1, -0.05) is 20.8 Å². The number of aliphatic hydroxyl groups is 1. The van der Waals surface area contributed by atoms with Gasteiger partial charge in [0.25, 0.3) is 11.8 Å². The molecule has 0 aliphatic carbocycles. The largest absolute Gasteiger partial charge is 0.390 e. The van der Waals surface area contributed by atoms with Gasteiger partial charge in [-0.25, -0.2) is 8.78 Å². The fraction of sp³-hybridized carbons (Fsp3) is 0.517. The van der Waals surface area contributed by atoms with Gasteiger partial charge in [-0.15, -0.1) is 0 Å². The zero-order valence-electron chi connectivity index (χ0n) is 22.6. The maximum absolute atomic E-state index is 13.6. The van der Waals surface area contributed by atoms with Gasteiger partial charge in [0, 0.05) is 48.9 Å². The van der Waals surface area contributed by atoms with Gasteiger partial charge in [0.05, 0.1) is 6.10 Å². The quantitative estimate of drug-likeness (QED) is 0.403. The number of nitrogens with two attached hydrogens (primary N) is 1. The Hall–Kier alpha value is -2.84. The highest BCUT2D eigenvalue weighted by molar-refractivity contribution is 6.00. The number of carbonyl (C=O) groups is 2. The molecule has 2 aromatic rings. The predicted octanol–water partition coefficient (Wildman–Crippen LogP) is 4.71. The highest BCUT2D eigenvalue weighted by atomic mass is 19.1. The molecule has 8 heteroatoms. The lowest BCUT2D eigenvalue weighted by atomic mass is 9.99. The fourth-order valence-electron chi connectivity index (χ4n) is 4.39. The topological polar surface area (TPSA) is 86.9 Å². The zero-order valence-corrected chi connectivity index (χ0v) is 22.6. The third-order valence-electron chi connectivity index (χ3n) is 6.50. The fourth-order valence-corrected chi connectivity index (χ4v) is 4.39. The lowest BCUT2D eigenvalue weighted by Crippen LogP contribution is -2.49. The Morgan fingerprint density at radius 3 is 1.97 bits per heavy atom. The number of hydrogen-bond donors (Lipinski definition) is 2. The maximum atomic E-state index is 13.6. The number of amides is 2. The molecule has 204 valence electrons. The molecule has 0 aromatic heterocycles. The molecule has 6 nitrogen and oxygen atoms in total.